The number of rotatable bonds is 6. The maximum absolute atomic E-state index is 12.8. The van der Waals surface area contributed by atoms with E-state index in [0.717, 1.165) is 43.0 Å². The largest absolute Gasteiger partial charge is 0.469 e. The van der Waals surface area contributed by atoms with E-state index in [-0.39, 0.29) is 24.0 Å². The van der Waals surface area contributed by atoms with Crippen LogP contribution in [0, 0.1) is 23.2 Å². The Morgan fingerprint density at radius 2 is 1.89 bits per heavy atom. The van der Waals surface area contributed by atoms with Gasteiger partial charge in [-0.05, 0) is 55.9 Å². The molecule has 36 heavy (non-hydrogen) atoms. The van der Waals surface area contributed by atoms with E-state index in [9.17, 15) is 14.4 Å². The van der Waals surface area contributed by atoms with Gasteiger partial charge in [0.2, 0.25) is 0 Å². The number of methoxy groups -OCH3 is 2. The first-order valence-electron chi connectivity index (χ1n) is 12.4. The number of esters is 1. The number of carbonyl (C=O) groups is 3. The highest BCUT2D eigenvalue weighted by Gasteiger charge is 2.59. The molecule has 7 rings (SSSR count). The quantitative estimate of drug-likeness (QED) is 0.271. The van der Waals surface area contributed by atoms with Crippen molar-refractivity contribution < 1.29 is 23.9 Å². The van der Waals surface area contributed by atoms with Crippen LogP contribution in [0.4, 0.5) is 5.82 Å². The van der Waals surface area contributed by atoms with Crippen molar-refractivity contribution in [3.05, 3.63) is 18.5 Å². The lowest BCUT2D eigenvalue weighted by atomic mass is 9.48. The van der Waals surface area contributed by atoms with Crippen molar-refractivity contribution in [1.29, 1.82) is 0 Å². The van der Waals surface area contributed by atoms with Gasteiger partial charge in [-0.1, -0.05) is 0 Å². The van der Waals surface area contributed by atoms with Crippen molar-refractivity contribution in [2.24, 2.45) is 23.2 Å². The number of ether oxygens (including phenoxy) is 2. The SMILES string of the molecule is COCCNC(=O)C(=O)Nc1[nH]n(C2C3CC4CC2CC(C(=O)OC)(C4)C3)c2c1cnc1nccc12. The number of aromatic nitrogens is 4. The molecular weight excluding hydrogens is 464 g/mol. The van der Waals surface area contributed by atoms with Crippen LogP contribution in [0.25, 0.3) is 21.9 Å². The molecule has 4 aliphatic rings. The van der Waals surface area contributed by atoms with Crippen molar-refractivity contribution in [2.45, 2.75) is 38.1 Å². The number of carbonyl (C=O) groups excluding carboxylic acids is 3. The molecule has 11 heteroatoms. The van der Waals surface area contributed by atoms with Crippen molar-refractivity contribution in [1.82, 2.24) is 25.1 Å². The highest BCUT2D eigenvalue weighted by molar-refractivity contribution is 6.40. The summed E-state index contributed by atoms with van der Waals surface area (Å²) in [7, 11) is 3.01. The predicted octanol–water partition coefficient (Wildman–Crippen LogP) is 2.15. The molecule has 3 aromatic rings. The smallest absolute Gasteiger partial charge is 0.314 e. The Morgan fingerprint density at radius 3 is 2.61 bits per heavy atom. The zero-order chi connectivity index (χ0) is 25.0. The second kappa shape index (κ2) is 8.58. The second-order valence-corrected chi connectivity index (χ2v) is 10.5. The molecule has 0 spiro atoms. The topological polar surface area (TPSA) is 140 Å². The summed E-state index contributed by atoms with van der Waals surface area (Å²) in [5.41, 5.74) is 1.14. The Balaban J connectivity index is 1.39. The summed E-state index contributed by atoms with van der Waals surface area (Å²) in [5.74, 6) is -0.0396. The molecule has 2 unspecified atom stereocenters. The van der Waals surface area contributed by atoms with Gasteiger partial charge in [-0.3, -0.25) is 24.2 Å². The molecule has 4 aliphatic carbocycles. The van der Waals surface area contributed by atoms with Crippen LogP contribution in [0.5, 0.6) is 0 Å². The van der Waals surface area contributed by atoms with E-state index in [0.29, 0.717) is 41.2 Å². The predicted molar refractivity (Wildman–Crippen MR) is 130 cm³/mol. The van der Waals surface area contributed by atoms with Crippen LogP contribution in [-0.4, -0.2) is 64.9 Å². The van der Waals surface area contributed by atoms with Crippen molar-refractivity contribution in [2.75, 3.05) is 32.7 Å². The van der Waals surface area contributed by atoms with Crippen LogP contribution < -0.4 is 10.6 Å². The number of nitrogens with zero attached hydrogens (tertiary/aromatic N) is 3. The molecule has 3 N–H and O–H groups in total. The summed E-state index contributed by atoms with van der Waals surface area (Å²) in [6.07, 6.45) is 8.02. The number of aromatic amines is 1. The molecule has 4 fully saturated rings. The summed E-state index contributed by atoms with van der Waals surface area (Å²) in [6, 6.07) is 2.05. The average molecular weight is 495 g/mol. The number of hydrogen-bond donors (Lipinski definition) is 3. The number of pyridine rings is 1. The zero-order valence-electron chi connectivity index (χ0n) is 20.4. The highest BCUT2D eigenvalue weighted by Crippen LogP contribution is 2.64. The van der Waals surface area contributed by atoms with Crippen LogP contribution in [0.2, 0.25) is 0 Å². The third kappa shape index (κ3) is 3.47. The molecule has 4 bridgehead atoms. The van der Waals surface area contributed by atoms with E-state index in [1.54, 1.807) is 12.4 Å². The van der Waals surface area contributed by atoms with Crippen LogP contribution in [0.3, 0.4) is 0 Å². The van der Waals surface area contributed by atoms with Gasteiger partial charge >= 0.3 is 17.8 Å². The molecule has 190 valence electrons. The Kier molecular flexibility index (Phi) is 5.47. The normalized spacial score (nSPS) is 28.5. The van der Waals surface area contributed by atoms with Crippen molar-refractivity contribution >= 4 is 45.5 Å². The highest BCUT2D eigenvalue weighted by atomic mass is 16.5. The second-order valence-electron chi connectivity index (χ2n) is 10.5. The fourth-order valence-corrected chi connectivity index (χ4v) is 7.35. The fourth-order valence-electron chi connectivity index (χ4n) is 7.35. The monoisotopic (exact) mass is 494 g/mol. The lowest BCUT2D eigenvalue weighted by Crippen LogP contribution is -2.54. The van der Waals surface area contributed by atoms with Gasteiger partial charge in [-0.2, -0.15) is 0 Å². The molecular formula is C25H30N6O5. The van der Waals surface area contributed by atoms with Crippen LogP contribution in [-0.2, 0) is 23.9 Å². The van der Waals surface area contributed by atoms with Gasteiger partial charge in [0, 0.05) is 31.4 Å². The van der Waals surface area contributed by atoms with Gasteiger partial charge in [-0.25, -0.2) is 9.97 Å². The van der Waals surface area contributed by atoms with Crippen molar-refractivity contribution in [3.8, 4) is 0 Å². The third-order valence-corrected chi connectivity index (χ3v) is 8.42. The molecule has 2 amide bonds. The standard InChI is InChI=1S/C25H30N6O5/c1-35-6-5-27-22(32)23(33)29-21-17-12-28-20-16(3-4-26-20)19(17)31(30-21)18-14-7-13-8-15(18)11-25(9-13,10-14)24(34)36-2/h3-4,12-15,18,30H,5-11H2,1-2H3,(H,27,32)(H,29,33). The average Bonchev–Trinajstić information content (AvgIpc) is 3.48. The maximum atomic E-state index is 12.8. The Morgan fingerprint density at radius 1 is 1.11 bits per heavy atom. The molecule has 0 aromatic carbocycles. The molecule has 3 heterocycles. The minimum absolute atomic E-state index is 0.0824. The lowest BCUT2D eigenvalue weighted by molar-refractivity contribution is -0.173. The molecule has 11 nitrogen and oxygen atoms in total. The van der Waals surface area contributed by atoms with Crippen molar-refractivity contribution in [3.63, 3.8) is 0 Å². The number of amides is 2. The van der Waals surface area contributed by atoms with Gasteiger partial charge in [-0.15, -0.1) is 0 Å². The first-order valence-corrected chi connectivity index (χ1v) is 12.4. The van der Waals surface area contributed by atoms with E-state index in [1.165, 1.54) is 14.2 Å². The zero-order valence-corrected chi connectivity index (χ0v) is 20.4. The summed E-state index contributed by atoms with van der Waals surface area (Å²) < 4.78 is 12.3. The first kappa shape index (κ1) is 23.0. The minimum Gasteiger partial charge on any atom is -0.469 e. The number of H-pyrrole nitrogens is 1. The van der Waals surface area contributed by atoms with Gasteiger partial charge in [0.05, 0.1) is 36.1 Å². The molecule has 0 saturated heterocycles. The summed E-state index contributed by atoms with van der Waals surface area (Å²) in [6.45, 7) is 0.555. The number of hydrogen-bond acceptors (Lipinski definition) is 7. The van der Waals surface area contributed by atoms with Gasteiger partial charge in [0.1, 0.15) is 5.82 Å². The van der Waals surface area contributed by atoms with E-state index < -0.39 is 11.8 Å². The molecule has 3 aromatic heterocycles. The Hall–Kier alpha value is -3.47. The van der Waals surface area contributed by atoms with E-state index in [2.05, 4.69) is 30.4 Å². The van der Waals surface area contributed by atoms with Crippen LogP contribution in [0.15, 0.2) is 18.5 Å². The first-order chi connectivity index (χ1) is 17.4. The lowest BCUT2D eigenvalue weighted by Gasteiger charge is -2.58. The number of nitrogens with one attached hydrogen (secondary N) is 3. The summed E-state index contributed by atoms with van der Waals surface area (Å²) in [4.78, 5) is 46.6. The van der Waals surface area contributed by atoms with E-state index >= 15 is 0 Å². The Bertz CT molecular complexity index is 1350. The Labute approximate surface area is 207 Å². The molecule has 0 aliphatic heterocycles. The van der Waals surface area contributed by atoms with Crippen LogP contribution in [0.1, 0.15) is 38.1 Å². The van der Waals surface area contributed by atoms with Gasteiger partial charge in [0.25, 0.3) is 0 Å². The third-order valence-electron chi connectivity index (χ3n) is 8.42. The fraction of sp³-hybridized carbons (Fsp3) is 0.560. The van der Waals surface area contributed by atoms with Gasteiger partial charge in [0.15, 0.2) is 5.65 Å². The number of anilines is 1. The van der Waals surface area contributed by atoms with E-state index in [4.69, 9.17) is 9.47 Å². The molecule has 2 atom stereocenters. The van der Waals surface area contributed by atoms with Gasteiger partial charge < -0.3 is 20.1 Å². The summed E-state index contributed by atoms with van der Waals surface area (Å²) in [5, 5.41) is 10.3. The van der Waals surface area contributed by atoms with Crippen LogP contribution >= 0.6 is 0 Å². The number of fused-ring (bicyclic) bond motifs is 3. The minimum atomic E-state index is -0.767. The maximum Gasteiger partial charge on any atom is 0.314 e. The molecule has 0 radical (unpaired) electrons. The summed E-state index contributed by atoms with van der Waals surface area (Å²) >= 11 is 0. The van der Waals surface area contributed by atoms with E-state index in [1.807, 2.05) is 6.07 Å². The molecule has 4 saturated carbocycles.